The van der Waals surface area contributed by atoms with Gasteiger partial charge in [0.2, 0.25) is 0 Å². The van der Waals surface area contributed by atoms with E-state index in [0.29, 0.717) is 36.7 Å². The third kappa shape index (κ3) is 3.13. The van der Waals surface area contributed by atoms with E-state index < -0.39 is 0 Å². The van der Waals surface area contributed by atoms with Gasteiger partial charge in [0.05, 0.1) is 17.4 Å². The minimum Gasteiger partial charge on any atom is -0.323 e. The molecule has 1 N–H and O–H groups in total. The lowest BCUT2D eigenvalue weighted by Crippen LogP contribution is -2.32. The van der Waals surface area contributed by atoms with Gasteiger partial charge in [-0.2, -0.15) is 0 Å². The molecule has 0 spiro atoms. The number of carbonyl (C=O) groups is 2. The summed E-state index contributed by atoms with van der Waals surface area (Å²) < 4.78 is 0. The number of amides is 3. The number of hydrogen-bond donors (Lipinski definition) is 1. The Hall–Kier alpha value is -2.96. The van der Waals surface area contributed by atoms with Gasteiger partial charge in [0.15, 0.2) is 0 Å². The van der Waals surface area contributed by atoms with Gasteiger partial charge in [-0.1, -0.05) is 0 Å². The molecule has 1 aliphatic rings. The molecule has 7 nitrogen and oxygen atoms in total. The highest BCUT2D eigenvalue weighted by Crippen LogP contribution is 2.19. The van der Waals surface area contributed by atoms with E-state index in [-0.39, 0.29) is 11.9 Å². The van der Waals surface area contributed by atoms with Crippen molar-refractivity contribution in [1.82, 2.24) is 14.9 Å². The lowest BCUT2D eigenvalue weighted by molar-refractivity contribution is 0.102. The Kier molecular flexibility index (Phi) is 4.18. The number of likely N-dealkylation sites (N-methyl/N-ethyl adjacent to an activating group) is 1. The van der Waals surface area contributed by atoms with E-state index in [9.17, 15) is 9.59 Å². The molecule has 3 amide bonds. The molecule has 0 aliphatic carbocycles. The molecular weight excluding hydrogens is 294 g/mol. The summed E-state index contributed by atoms with van der Waals surface area (Å²) in [6, 6.07) is 6.82. The summed E-state index contributed by atoms with van der Waals surface area (Å²) in [4.78, 5) is 35.7. The Morgan fingerprint density at radius 3 is 2.74 bits per heavy atom. The normalized spacial score (nSPS) is 14.2. The number of urea groups is 1. The molecule has 0 atom stereocenters. The van der Waals surface area contributed by atoms with Gasteiger partial charge in [0.1, 0.15) is 5.82 Å². The van der Waals surface area contributed by atoms with Gasteiger partial charge in [0.25, 0.3) is 5.91 Å². The van der Waals surface area contributed by atoms with Crippen molar-refractivity contribution in [2.24, 2.45) is 0 Å². The fraction of sp³-hybridized carbons (Fsp3) is 0.250. The van der Waals surface area contributed by atoms with Crippen LogP contribution in [0.3, 0.4) is 0 Å². The Morgan fingerprint density at radius 1 is 1.26 bits per heavy atom. The summed E-state index contributed by atoms with van der Waals surface area (Å²) in [7, 11) is 0. The van der Waals surface area contributed by atoms with E-state index in [0.717, 1.165) is 0 Å². The zero-order valence-corrected chi connectivity index (χ0v) is 12.8. The van der Waals surface area contributed by atoms with Gasteiger partial charge in [-0.3, -0.25) is 14.7 Å². The first-order chi connectivity index (χ1) is 11.2. The van der Waals surface area contributed by atoms with Crippen LogP contribution in [0.4, 0.5) is 16.3 Å². The van der Waals surface area contributed by atoms with Crippen molar-refractivity contribution >= 4 is 23.4 Å². The molecular formula is C16H17N5O2. The molecule has 0 radical (unpaired) electrons. The summed E-state index contributed by atoms with van der Waals surface area (Å²) in [5.74, 6) is 0.340. The van der Waals surface area contributed by atoms with Crippen LogP contribution in [0.1, 0.15) is 17.3 Å². The van der Waals surface area contributed by atoms with Crippen molar-refractivity contribution < 1.29 is 9.59 Å². The second-order valence-corrected chi connectivity index (χ2v) is 5.11. The molecule has 1 fully saturated rings. The molecule has 1 aliphatic heterocycles. The van der Waals surface area contributed by atoms with E-state index in [4.69, 9.17) is 0 Å². The standard InChI is InChI=1S/C16H17N5O2/c1-2-20-8-9-21(16(20)23)14-6-5-13(11-18-14)19-15(22)12-4-3-7-17-10-12/h3-7,10-11H,2,8-9H2,1H3,(H,19,22). The molecule has 23 heavy (non-hydrogen) atoms. The van der Waals surface area contributed by atoms with Gasteiger partial charge in [0, 0.05) is 32.0 Å². The monoisotopic (exact) mass is 311 g/mol. The Balaban J connectivity index is 1.68. The Labute approximate surface area is 134 Å². The maximum atomic E-state index is 12.1. The van der Waals surface area contributed by atoms with Gasteiger partial charge < -0.3 is 10.2 Å². The lowest BCUT2D eigenvalue weighted by Gasteiger charge is -2.16. The smallest absolute Gasteiger partial charge is 0.323 e. The first-order valence-corrected chi connectivity index (χ1v) is 7.43. The van der Waals surface area contributed by atoms with Crippen LogP contribution in [0.15, 0.2) is 42.9 Å². The highest BCUT2D eigenvalue weighted by Gasteiger charge is 2.28. The van der Waals surface area contributed by atoms with Gasteiger partial charge in [-0.05, 0) is 31.2 Å². The fourth-order valence-corrected chi connectivity index (χ4v) is 2.41. The predicted molar refractivity (Wildman–Crippen MR) is 86.4 cm³/mol. The fourth-order valence-electron chi connectivity index (χ4n) is 2.41. The first-order valence-electron chi connectivity index (χ1n) is 7.43. The SMILES string of the molecule is CCN1CCN(c2ccc(NC(=O)c3cccnc3)cn2)C1=O. The van der Waals surface area contributed by atoms with Crippen molar-refractivity contribution in [2.45, 2.75) is 6.92 Å². The second-order valence-electron chi connectivity index (χ2n) is 5.11. The summed E-state index contributed by atoms with van der Waals surface area (Å²) >= 11 is 0. The van der Waals surface area contributed by atoms with Crippen molar-refractivity contribution in [1.29, 1.82) is 0 Å². The molecule has 0 unspecified atom stereocenters. The van der Waals surface area contributed by atoms with E-state index >= 15 is 0 Å². The molecule has 2 aromatic heterocycles. The molecule has 1 saturated heterocycles. The number of nitrogens with zero attached hydrogens (tertiary/aromatic N) is 4. The van der Waals surface area contributed by atoms with Crippen LogP contribution in [-0.2, 0) is 0 Å². The van der Waals surface area contributed by atoms with Gasteiger partial charge in [-0.15, -0.1) is 0 Å². The molecule has 7 heteroatoms. The molecule has 3 rings (SSSR count). The topological polar surface area (TPSA) is 78.4 Å². The number of rotatable bonds is 4. The van der Waals surface area contributed by atoms with E-state index in [1.54, 1.807) is 46.5 Å². The lowest BCUT2D eigenvalue weighted by atomic mass is 10.2. The molecule has 2 aromatic rings. The average Bonchev–Trinajstić information content (AvgIpc) is 2.97. The highest BCUT2D eigenvalue weighted by molar-refractivity contribution is 6.04. The van der Waals surface area contributed by atoms with Crippen LogP contribution in [0.5, 0.6) is 0 Å². The van der Waals surface area contributed by atoms with Crippen LogP contribution in [-0.4, -0.2) is 46.4 Å². The summed E-state index contributed by atoms with van der Waals surface area (Å²) in [6.07, 6.45) is 4.66. The maximum absolute atomic E-state index is 12.1. The Bertz CT molecular complexity index is 702. The van der Waals surface area contributed by atoms with Crippen molar-refractivity contribution in [3.05, 3.63) is 48.4 Å². The number of pyridine rings is 2. The highest BCUT2D eigenvalue weighted by atomic mass is 16.2. The zero-order valence-electron chi connectivity index (χ0n) is 12.8. The van der Waals surface area contributed by atoms with E-state index in [1.165, 1.54) is 6.20 Å². The number of carbonyl (C=O) groups excluding carboxylic acids is 2. The molecule has 3 heterocycles. The minimum absolute atomic E-state index is 0.0351. The summed E-state index contributed by atoms with van der Waals surface area (Å²) in [6.45, 7) is 3.97. The quantitative estimate of drug-likeness (QED) is 0.936. The number of nitrogens with one attached hydrogen (secondary N) is 1. The number of aromatic nitrogens is 2. The van der Waals surface area contributed by atoms with Crippen LogP contribution < -0.4 is 10.2 Å². The first kappa shape index (κ1) is 15.0. The summed E-state index contributed by atoms with van der Waals surface area (Å²) in [5, 5.41) is 2.75. The predicted octanol–water partition coefficient (Wildman–Crippen LogP) is 1.99. The van der Waals surface area contributed by atoms with Crippen molar-refractivity contribution in [3.63, 3.8) is 0 Å². The average molecular weight is 311 g/mol. The largest absolute Gasteiger partial charge is 0.325 e. The van der Waals surface area contributed by atoms with Crippen LogP contribution in [0, 0.1) is 0 Å². The summed E-state index contributed by atoms with van der Waals surface area (Å²) in [5.41, 5.74) is 1.05. The molecule has 0 bridgehead atoms. The van der Waals surface area contributed by atoms with Crippen molar-refractivity contribution in [3.8, 4) is 0 Å². The van der Waals surface area contributed by atoms with Crippen molar-refractivity contribution in [2.75, 3.05) is 29.9 Å². The van der Waals surface area contributed by atoms with Gasteiger partial charge >= 0.3 is 6.03 Å². The number of hydrogen-bond acceptors (Lipinski definition) is 4. The van der Waals surface area contributed by atoms with E-state index in [2.05, 4.69) is 15.3 Å². The third-order valence-corrected chi connectivity index (χ3v) is 3.68. The Morgan fingerprint density at radius 2 is 2.13 bits per heavy atom. The van der Waals surface area contributed by atoms with E-state index in [1.807, 2.05) is 6.92 Å². The van der Waals surface area contributed by atoms with Crippen LogP contribution >= 0.6 is 0 Å². The molecule has 0 saturated carbocycles. The van der Waals surface area contributed by atoms with Crippen LogP contribution in [0.2, 0.25) is 0 Å². The maximum Gasteiger partial charge on any atom is 0.325 e. The zero-order chi connectivity index (χ0) is 16.2. The van der Waals surface area contributed by atoms with Gasteiger partial charge in [-0.25, -0.2) is 9.78 Å². The number of anilines is 2. The third-order valence-electron chi connectivity index (χ3n) is 3.68. The molecule has 0 aromatic carbocycles. The van der Waals surface area contributed by atoms with Crippen LogP contribution in [0.25, 0.3) is 0 Å². The molecule has 118 valence electrons. The second kappa shape index (κ2) is 6.43. The minimum atomic E-state index is -0.248.